The molecule has 29 heavy (non-hydrogen) atoms. The molecule has 0 bridgehead atoms. The quantitative estimate of drug-likeness (QED) is 0.645. The van der Waals surface area contributed by atoms with Gasteiger partial charge in [0.1, 0.15) is 6.04 Å². The van der Waals surface area contributed by atoms with Crippen LogP contribution >= 0.6 is 23.2 Å². The van der Waals surface area contributed by atoms with E-state index >= 15 is 0 Å². The Bertz CT molecular complexity index is 827. The van der Waals surface area contributed by atoms with Gasteiger partial charge < -0.3 is 10.2 Å². The van der Waals surface area contributed by atoms with E-state index in [0.29, 0.717) is 28.6 Å². The first-order valence-corrected chi connectivity index (χ1v) is 10.5. The number of halogens is 2. The fraction of sp³-hybridized carbons (Fsp3) is 0.391. The monoisotopic (exact) mass is 434 g/mol. The van der Waals surface area contributed by atoms with Gasteiger partial charge in [-0.2, -0.15) is 0 Å². The molecular formula is C23H28Cl2N2O2. The normalized spacial score (nSPS) is 12.3. The molecule has 0 aromatic heterocycles. The van der Waals surface area contributed by atoms with Crippen molar-refractivity contribution in [3.8, 4) is 0 Å². The van der Waals surface area contributed by atoms with E-state index in [1.54, 1.807) is 23.1 Å². The first-order valence-electron chi connectivity index (χ1n) is 9.70. The summed E-state index contributed by atoms with van der Waals surface area (Å²) in [5.74, 6) is -0.366. The molecule has 0 fully saturated rings. The summed E-state index contributed by atoms with van der Waals surface area (Å²) >= 11 is 12.5. The molecule has 156 valence electrons. The average molecular weight is 435 g/mol. The summed E-state index contributed by atoms with van der Waals surface area (Å²) in [6.45, 7) is 8.00. The Morgan fingerprint density at radius 3 is 2.10 bits per heavy atom. The van der Waals surface area contributed by atoms with Gasteiger partial charge in [-0.15, -0.1) is 0 Å². The summed E-state index contributed by atoms with van der Waals surface area (Å²) < 4.78 is 0. The standard InChI is InChI=1S/C23H28Cl2N2O2/c1-5-20(22(29)26-23(2,3)4)27(15-16-10-7-6-8-11-16)21(28)14-17-18(24)12-9-13-19(17)25/h6-13,20H,5,14-15H2,1-4H3,(H,26,29). The number of carbonyl (C=O) groups excluding carboxylic acids is 2. The largest absolute Gasteiger partial charge is 0.350 e. The van der Waals surface area contributed by atoms with E-state index in [4.69, 9.17) is 23.2 Å². The maximum atomic E-state index is 13.3. The Morgan fingerprint density at radius 1 is 1.00 bits per heavy atom. The number of carbonyl (C=O) groups is 2. The lowest BCUT2D eigenvalue weighted by Gasteiger charge is -2.33. The Balaban J connectivity index is 2.35. The van der Waals surface area contributed by atoms with Gasteiger partial charge in [0.15, 0.2) is 0 Å². The highest BCUT2D eigenvalue weighted by Gasteiger charge is 2.31. The molecule has 1 N–H and O–H groups in total. The summed E-state index contributed by atoms with van der Waals surface area (Å²) in [6, 6.07) is 14.2. The number of hydrogen-bond donors (Lipinski definition) is 1. The van der Waals surface area contributed by atoms with Crippen molar-refractivity contribution in [2.45, 2.75) is 58.7 Å². The Morgan fingerprint density at radius 2 is 1.59 bits per heavy atom. The number of nitrogens with one attached hydrogen (secondary N) is 1. The fourth-order valence-corrected chi connectivity index (χ4v) is 3.64. The molecule has 1 atom stereocenters. The van der Waals surface area contributed by atoms with Crippen molar-refractivity contribution in [1.29, 1.82) is 0 Å². The van der Waals surface area contributed by atoms with Crippen molar-refractivity contribution >= 4 is 35.0 Å². The van der Waals surface area contributed by atoms with Crippen LogP contribution in [-0.4, -0.2) is 28.3 Å². The fourth-order valence-electron chi connectivity index (χ4n) is 3.11. The van der Waals surface area contributed by atoms with Gasteiger partial charge in [-0.3, -0.25) is 9.59 Å². The van der Waals surface area contributed by atoms with Crippen LogP contribution in [0.2, 0.25) is 10.0 Å². The second-order valence-electron chi connectivity index (χ2n) is 8.05. The molecule has 0 saturated carbocycles. The molecule has 1 unspecified atom stereocenters. The summed E-state index contributed by atoms with van der Waals surface area (Å²) in [4.78, 5) is 27.9. The van der Waals surface area contributed by atoms with Crippen molar-refractivity contribution < 1.29 is 9.59 Å². The van der Waals surface area contributed by atoms with Crippen LogP contribution in [0.4, 0.5) is 0 Å². The van der Waals surface area contributed by atoms with Crippen molar-refractivity contribution in [3.63, 3.8) is 0 Å². The van der Waals surface area contributed by atoms with E-state index in [9.17, 15) is 9.59 Å². The van der Waals surface area contributed by atoms with E-state index in [1.807, 2.05) is 58.0 Å². The number of nitrogens with zero attached hydrogens (tertiary/aromatic N) is 1. The van der Waals surface area contributed by atoms with Crippen LogP contribution < -0.4 is 5.32 Å². The first-order chi connectivity index (χ1) is 13.6. The predicted molar refractivity (Wildman–Crippen MR) is 119 cm³/mol. The van der Waals surface area contributed by atoms with Crippen molar-refractivity contribution in [2.24, 2.45) is 0 Å². The minimum Gasteiger partial charge on any atom is -0.350 e. The summed E-state index contributed by atoms with van der Waals surface area (Å²) in [6.07, 6.45) is 0.529. The van der Waals surface area contributed by atoms with Gasteiger partial charge in [-0.05, 0) is 50.5 Å². The Labute approximate surface area is 183 Å². The molecule has 0 aliphatic carbocycles. The lowest BCUT2D eigenvalue weighted by Crippen LogP contribution is -2.53. The number of amides is 2. The van der Waals surface area contributed by atoms with Crippen LogP contribution in [0, 0.1) is 0 Å². The minimum absolute atomic E-state index is 0.0324. The number of hydrogen-bond acceptors (Lipinski definition) is 2. The second kappa shape index (κ2) is 10.1. The average Bonchev–Trinajstić information content (AvgIpc) is 2.64. The Kier molecular flexibility index (Phi) is 8.12. The van der Waals surface area contributed by atoms with E-state index in [-0.39, 0.29) is 18.2 Å². The van der Waals surface area contributed by atoms with Crippen molar-refractivity contribution in [2.75, 3.05) is 0 Å². The van der Waals surface area contributed by atoms with Crippen LogP contribution in [0.25, 0.3) is 0 Å². The molecule has 0 aliphatic heterocycles. The molecule has 2 rings (SSSR count). The molecular weight excluding hydrogens is 407 g/mol. The third kappa shape index (κ3) is 6.76. The lowest BCUT2D eigenvalue weighted by atomic mass is 10.0. The first kappa shape index (κ1) is 23.2. The van der Waals surface area contributed by atoms with Crippen LogP contribution in [-0.2, 0) is 22.6 Å². The van der Waals surface area contributed by atoms with Crippen LogP contribution in [0.3, 0.4) is 0 Å². The summed E-state index contributed by atoms with van der Waals surface area (Å²) in [7, 11) is 0. The maximum absolute atomic E-state index is 13.3. The maximum Gasteiger partial charge on any atom is 0.243 e. The smallest absolute Gasteiger partial charge is 0.243 e. The highest BCUT2D eigenvalue weighted by Crippen LogP contribution is 2.26. The molecule has 0 heterocycles. The molecule has 0 spiro atoms. The molecule has 4 nitrogen and oxygen atoms in total. The van der Waals surface area contributed by atoms with Crippen LogP contribution in [0.5, 0.6) is 0 Å². The molecule has 2 aromatic rings. The van der Waals surface area contributed by atoms with Gasteiger partial charge >= 0.3 is 0 Å². The summed E-state index contributed by atoms with van der Waals surface area (Å²) in [5, 5.41) is 3.88. The topological polar surface area (TPSA) is 49.4 Å². The van der Waals surface area contributed by atoms with Crippen molar-refractivity contribution in [3.05, 3.63) is 69.7 Å². The molecule has 2 amide bonds. The Hall–Kier alpha value is -2.04. The van der Waals surface area contributed by atoms with E-state index in [0.717, 1.165) is 5.56 Å². The zero-order valence-electron chi connectivity index (χ0n) is 17.3. The van der Waals surface area contributed by atoms with Gasteiger partial charge in [-0.25, -0.2) is 0 Å². The zero-order chi connectivity index (χ0) is 21.6. The third-order valence-corrected chi connectivity index (χ3v) is 5.18. The van der Waals surface area contributed by atoms with Crippen molar-refractivity contribution in [1.82, 2.24) is 10.2 Å². The molecule has 6 heteroatoms. The molecule has 0 radical (unpaired) electrons. The number of benzene rings is 2. The van der Waals surface area contributed by atoms with Crippen LogP contribution in [0.15, 0.2) is 48.5 Å². The van der Waals surface area contributed by atoms with Gasteiger partial charge in [0.05, 0.1) is 6.42 Å². The zero-order valence-corrected chi connectivity index (χ0v) is 18.8. The minimum atomic E-state index is -0.594. The van der Waals surface area contributed by atoms with E-state index in [1.165, 1.54) is 0 Å². The van der Waals surface area contributed by atoms with Gasteiger partial charge in [-0.1, -0.05) is 66.5 Å². The highest BCUT2D eigenvalue weighted by molar-refractivity contribution is 6.36. The SMILES string of the molecule is CCC(C(=O)NC(C)(C)C)N(Cc1ccccc1)C(=O)Cc1c(Cl)cccc1Cl. The van der Waals surface area contributed by atoms with Gasteiger partial charge in [0, 0.05) is 22.1 Å². The molecule has 2 aromatic carbocycles. The highest BCUT2D eigenvalue weighted by atomic mass is 35.5. The number of rotatable bonds is 7. The van der Waals surface area contributed by atoms with Gasteiger partial charge in [0.2, 0.25) is 11.8 Å². The third-order valence-electron chi connectivity index (χ3n) is 4.47. The van der Waals surface area contributed by atoms with E-state index in [2.05, 4.69) is 5.32 Å². The van der Waals surface area contributed by atoms with E-state index < -0.39 is 11.6 Å². The predicted octanol–water partition coefficient (Wildman–Crippen LogP) is 5.26. The molecule has 0 saturated heterocycles. The van der Waals surface area contributed by atoms with Crippen LogP contribution in [0.1, 0.15) is 45.2 Å². The molecule has 0 aliphatic rings. The second-order valence-corrected chi connectivity index (χ2v) is 8.86. The summed E-state index contributed by atoms with van der Waals surface area (Å²) in [5.41, 5.74) is 1.14. The van der Waals surface area contributed by atoms with Gasteiger partial charge in [0.25, 0.3) is 0 Å². The lowest BCUT2D eigenvalue weighted by molar-refractivity contribution is -0.141.